The first-order valence-electron chi connectivity index (χ1n) is 9.50. The molecule has 0 spiro atoms. The average Bonchev–Trinajstić information content (AvgIpc) is 2.74. The van der Waals surface area contributed by atoms with Crippen molar-refractivity contribution in [2.24, 2.45) is 9.98 Å². The molecule has 140 valence electrons. The second kappa shape index (κ2) is 9.00. The fourth-order valence-electron chi connectivity index (χ4n) is 2.95. The van der Waals surface area contributed by atoms with Crippen LogP contribution in [0.2, 0.25) is 0 Å². The molecule has 1 aliphatic heterocycles. The molecule has 4 rings (SSSR count). The van der Waals surface area contributed by atoms with Gasteiger partial charge in [-0.05, 0) is 55.3 Å². The van der Waals surface area contributed by atoms with Crippen molar-refractivity contribution in [3.8, 4) is 11.5 Å². The second-order valence-electron chi connectivity index (χ2n) is 6.52. The third-order valence-electron chi connectivity index (χ3n) is 4.43. The van der Waals surface area contributed by atoms with Gasteiger partial charge in [-0.2, -0.15) is 0 Å². The van der Waals surface area contributed by atoms with Crippen molar-refractivity contribution in [3.05, 3.63) is 83.9 Å². The van der Waals surface area contributed by atoms with E-state index in [0.717, 1.165) is 46.8 Å². The lowest BCUT2D eigenvalue weighted by Gasteiger charge is -2.10. The van der Waals surface area contributed by atoms with Crippen LogP contribution in [0.3, 0.4) is 0 Å². The number of nitrogens with zero attached hydrogens (tertiary/aromatic N) is 2. The minimum atomic E-state index is 0.646. The zero-order valence-electron chi connectivity index (χ0n) is 15.6. The summed E-state index contributed by atoms with van der Waals surface area (Å²) >= 11 is 0. The van der Waals surface area contributed by atoms with Crippen LogP contribution in [0.4, 0.5) is 11.4 Å². The first kappa shape index (κ1) is 18.0. The smallest absolute Gasteiger partial charge is 0.128 e. The van der Waals surface area contributed by atoms with Crippen molar-refractivity contribution in [3.63, 3.8) is 0 Å². The molecule has 1 aliphatic rings. The first-order chi connectivity index (χ1) is 13.9. The molecule has 0 aromatic heterocycles. The molecule has 3 aromatic carbocycles. The van der Waals surface area contributed by atoms with E-state index in [9.17, 15) is 0 Å². The monoisotopic (exact) mass is 370 g/mol. The van der Waals surface area contributed by atoms with E-state index in [0.29, 0.717) is 13.2 Å². The third kappa shape index (κ3) is 4.65. The number of aliphatic imine (C=N–C) groups is 2. The van der Waals surface area contributed by atoms with Gasteiger partial charge < -0.3 is 9.47 Å². The molecule has 28 heavy (non-hydrogen) atoms. The predicted octanol–water partition coefficient (Wildman–Crippen LogP) is 5.74. The number of benzene rings is 3. The van der Waals surface area contributed by atoms with Crippen molar-refractivity contribution in [2.75, 3.05) is 13.2 Å². The van der Waals surface area contributed by atoms with Crippen LogP contribution in [-0.2, 0) is 0 Å². The topological polar surface area (TPSA) is 43.2 Å². The summed E-state index contributed by atoms with van der Waals surface area (Å²) in [4.78, 5) is 9.21. The Bertz CT molecular complexity index is 918. The Labute approximate surface area is 165 Å². The van der Waals surface area contributed by atoms with E-state index < -0.39 is 0 Å². The Morgan fingerprint density at radius 2 is 1.07 bits per heavy atom. The van der Waals surface area contributed by atoms with Crippen LogP contribution >= 0.6 is 0 Å². The molecule has 1 heterocycles. The summed E-state index contributed by atoms with van der Waals surface area (Å²) in [5.41, 5.74) is 3.62. The lowest BCUT2D eigenvalue weighted by molar-refractivity contribution is 0.266. The van der Waals surface area contributed by atoms with E-state index >= 15 is 0 Å². The largest absolute Gasteiger partial charge is 0.493 e. The van der Waals surface area contributed by atoms with Crippen molar-refractivity contribution in [1.82, 2.24) is 0 Å². The van der Waals surface area contributed by atoms with Crippen molar-refractivity contribution >= 4 is 23.8 Å². The van der Waals surface area contributed by atoms with Crippen LogP contribution in [0.15, 0.2) is 82.8 Å². The van der Waals surface area contributed by atoms with Crippen LogP contribution in [0.25, 0.3) is 0 Å². The minimum absolute atomic E-state index is 0.646. The van der Waals surface area contributed by atoms with Gasteiger partial charge in [-0.25, -0.2) is 0 Å². The Balaban J connectivity index is 1.67. The zero-order valence-corrected chi connectivity index (χ0v) is 15.6. The Morgan fingerprint density at radius 1 is 0.571 bits per heavy atom. The van der Waals surface area contributed by atoms with Gasteiger partial charge in [-0.3, -0.25) is 9.98 Å². The lowest BCUT2D eigenvalue weighted by atomic mass is 10.2. The molecule has 2 bridgehead atoms. The van der Waals surface area contributed by atoms with Crippen LogP contribution in [-0.4, -0.2) is 25.6 Å². The van der Waals surface area contributed by atoms with E-state index in [1.807, 2.05) is 85.2 Å². The maximum absolute atomic E-state index is 5.97. The molecule has 0 atom stereocenters. The number of rotatable bonds is 0. The highest BCUT2D eigenvalue weighted by molar-refractivity contribution is 5.87. The van der Waals surface area contributed by atoms with Gasteiger partial charge in [0.1, 0.15) is 11.5 Å². The normalized spacial score (nSPS) is 14.1. The van der Waals surface area contributed by atoms with Crippen LogP contribution in [0.5, 0.6) is 11.5 Å². The molecule has 0 saturated heterocycles. The van der Waals surface area contributed by atoms with Crippen LogP contribution in [0, 0.1) is 0 Å². The SMILES string of the molecule is C1=Nc2cccc(c2)N=Cc2ccccc2OCCCCOc2ccccc21. The predicted molar refractivity (Wildman–Crippen MR) is 114 cm³/mol. The van der Waals surface area contributed by atoms with Crippen molar-refractivity contribution < 1.29 is 9.47 Å². The van der Waals surface area contributed by atoms with Crippen LogP contribution < -0.4 is 9.47 Å². The van der Waals surface area contributed by atoms with Gasteiger partial charge in [0, 0.05) is 23.6 Å². The molecule has 0 unspecified atom stereocenters. The molecule has 0 saturated carbocycles. The zero-order chi connectivity index (χ0) is 19.0. The van der Waals surface area contributed by atoms with E-state index in [4.69, 9.17) is 9.47 Å². The van der Waals surface area contributed by atoms with Gasteiger partial charge >= 0.3 is 0 Å². The molecule has 3 aromatic rings. The van der Waals surface area contributed by atoms with Gasteiger partial charge in [0.2, 0.25) is 0 Å². The van der Waals surface area contributed by atoms with E-state index in [1.165, 1.54) is 0 Å². The molecular weight excluding hydrogens is 348 g/mol. The molecule has 0 N–H and O–H groups in total. The van der Waals surface area contributed by atoms with E-state index in [-0.39, 0.29) is 0 Å². The third-order valence-corrected chi connectivity index (χ3v) is 4.43. The number of para-hydroxylation sites is 2. The van der Waals surface area contributed by atoms with Gasteiger partial charge in [0.15, 0.2) is 0 Å². The van der Waals surface area contributed by atoms with Gasteiger partial charge in [-0.1, -0.05) is 30.3 Å². The number of hydrogen-bond acceptors (Lipinski definition) is 4. The maximum atomic E-state index is 5.97. The maximum Gasteiger partial charge on any atom is 0.128 e. The standard InChI is InChI=1S/C24H22N2O2/c1-3-12-23-19(8-1)17-25-21-10-7-11-22(16-21)26-18-20-9-2-4-13-24(20)28-15-6-5-14-27-23/h1-4,7-13,16-18H,5-6,14-15H2. The summed E-state index contributed by atoms with van der Waals surface area (Å²) in [6.45, 7) is 1.29. The summed E-state index contributed by atoms with van der Waals surface area (Å²) in [5, 5.41) is 0. The molecule has 0 fully saturated rings. The Hall–Kier alpha value is -3.40. The summed E-state index contributed by atoms with van der Waals surface area (Å²) in [7, 11) is 0. The summed E-state index contributed by atoms with van der Waals surface area (Å²) in [6.07, 6.45) is 5.52. The lowest BCUT2D eigenvalue weighted by Crippen LogP contribution is -2.04. The quantitative estimate of drug-likeness (QED) is 0.506. The molecule has 0 aliphatic carbocycles. The summed E-state index contributed by atoms with van der Waals surface area (Å²) in [5.74, 6) is 1.69. The fourth-order valence-corrected chi connectivity index (χ4v) is 2.95. The first-order valence-corrected chi connectivity index (χ1v) is 9.50. The van der Waals surface area contributed by atoms with Crippen molar-refractivity contribution in [2.45, 2.75) is 12.8 Å². The molecule has 0 amide bonds. The Kier molecular flexibility index (Phi) is 5.78. The summed E-state index contributed by atoms with van der Waals surface area (Å²) < 4.78 is 11.9. The minimum Gasteiger partial charge on any atom is -0.493 e. The molecule has 0 radical (unpaired) electrons. The highest BCUT2D eigenvalue weighted by Crippen LogP contribution is 2.24. The van der Waals surface area contributed by atoms with Crippen molar-refractivity contribution in [1.29, 1.82) is 0 Å². The molecule has 4 nitrogen and oxygen atoms in total. The Morgan fingerprint density at radius 3 is 1.61 bits per heavy atom. The number of hydrogen-bond donors (Lipinski definition) is 0. The highest BCUT2D eigenvalue weighted by Gasteiger charge is 2.04. The second-order valence-corrected chi connectivity index (χ2v) is 6.52. The number of fused-ring (bicyclic) bond motifs is 4. The summed E-state index contributed by atoms with van der Waals surface area (Å²) in [6, 6.07) is 23.7. The van der Waals surface area contributed by atoms with Gasteiger partial charge in [-0.15, -0.1) is 0 Å². The average molecular weight is 370 g/mol. The van der Waals surface area contributed by atoms with E-state index in [2.05, 4.69) is 9.98 Å². The van der Waals surface area contributed by atoms with Gasteiger partial charge in [0.05, 0.1) is 24.6 Å². The van der Waals surface area contributed by atoms with E-state index in [1.54, 1.807) is 0 Å². The molecule has 4 heteroatoms. The highest BCUT2D eigenvalue weighted by atomic mass is 16.5. The number of ether oxygens (including phenoxy) is 2. The van der Waals surface area contributed by atoms with Gasteiger partial charge in [0.25, 0.3) is 0 Å². The van der Waals surface area contributed by atoms with Crippen LogP contribution in [0.1, 0.15) is 24.0 Å². The fraction of sp³-hybridized carbons (Fsp3) is 0.167. The molecular formula is C24H22N2O2.